The van der Waals surface area contributed by atoms with Gasteiger partial charge in [-0.1, -0.05) is 39.0 Å². The smallest absolute Gasteiger partial charge is 0.127 e. The van der Waals surface area contributed by atoms with Crippen molar-refractivity contribution in [1.82, 2.24) is 10.4 Å². The van der Waals surface area contributed by atoms with Crippen LogP contribution in [0.1, 0.15) is 45.4 Å². The lowest BCUT2D eigenvalue weighted by molar-refractivity contribution is 0.318. The molecule has 0 aromatic carbocycles. The van der Waals surface area contributed by atoms with Crippen molar-refractivity contribution >= 4 is 12.7 Å². The van der Waals surface area contributed by atoms with Gasteiger partial charge in [0.15, 0.2) is 0 Å². The summed E-state index contributed by atoms with van der Waals surface area (Å²) in [5, 5.41) is 1.92. The van der Waals surface area contributed by atoms with E-state index in [9.17, 15) is 0 Å². The largest absolute Gasteiger partial charge is 0.276 e. The summed E-state index contributed by atoms with van der Waals surface area (Å²) in [4.78, 5) is 7.98. The molecule has 0 bridgehead atoms. The zero-order valence-electron chi connectivity index (χ0n) is 9.65. The minimum absolute atomic E-state index is 0.680. The average molecular weight is 210 g/mol. The molecule has 1 N–H and O–H groups in total. The van der Waals surface area contributed by atoms with E-state index in [1.54, 1.807) is 12.7 Å². The molecule has 1 rings (SSSR count). The second-order valence-corrected chi connectivity index (χ2v) is 3.85. The van der Waals surface area contributed by atoms with Crippen LogP contribution in [0.5, 0.6) is 0 Å². The van der Waals surface area contributed by atoms with E-state index in [0.29, 0.717) is 6.67 Å². The maximum atomic E-state index is 4.04. The van der Waals surface area contributed by atoms with E-state index < -0.39 is 0 Å². The summed E-state index contributed by atoms with van der Waals surface area (Å²) >= 11 is 0. The summed E-state index contributed by atoms with van der Waals surface area (Å²) in [5.41, 5.74) is 3.28. The van der Waals surface area contributed by atoms with Crippen LogP contribution in [0.25, 0.3) is 0 Å². The van der Waals surface area contributed by atoms with Crippen molar-refractivity contribution in [3.8, 4) is 0 Å². The van der Waals surface area contributed by atoms with Gasteiger partial charge in [0.1, 0.15) is 19.3 Å². The van der Waals surface area contributed by atoms with Gasteiger partial charge >= 0.3 is 0 Å². The molecule has 0 aromatic rings. The maximum absolute atomic E-state index is 4.04. The van der Waals surface area contributed by atoms with Gasteiger partial charge in [-0.15, -0.1) is 0 Å². The van der Waals surface area contributed by atoms with Crippen LogP contribution in [0.3, 0.4) is 0 Å². The van der Waals surface area contributed by atoms with Gasteiger partial charge in [0.2, 0.25) is 0 Å². The van der Waals surface area contributed by atoms with E-state index in [0.717, 1.165) is 6.54 Å². The van der Waals surface area contributed by atoms with E-state index in [1.807, 2.05) is 5.01 Å². The molecule has 86 valence electrons. The highest BCUT2D eigenvalue weighted by molar-refractivity contribution is 5.72. The van der Waals surface area contributed by atoms with Crippen LogP contribution in [0.4, 0.5) is 0 Å². The molecule has 0 saturated heterocycles. The predicted octanol–water partition coefficient (Wildman–Crippen LogP) is 2.18. The fraction of sp³-hybridized carbons (Fsp3) is 0.818. The van der Waals surface area contributed by atoms with Crippen LogP contribution in [0, 0.1) is 0 Å². The molecular weight excluding hydrogens is 188 g/mol. The number of hydrogen-bond donors (Lipinski definition) is 1. The molecule has 0 radical (unpaired) electrons. The SMILES string of the molecule is CCCCCCCCNN1C=NC=NC1. The summed E-state index contributed by atoms with van der Waals surface area (Å²) in [6.07, 6.45) is 11.4. The number of unbranched alkanes of at least 4 members (excludes halogenated alkanes) is 5. The number of hydrogen-bond acceptors (Lipinski definition) is 4. The zero-order valence-corrected chi connectivity index (χ0v) is 9.65. The van der Waals surface area contributed by atoms with Gasteiger partial charge in [0, 0.05) is 6.54 Å². The molecule has 0 fully saturated rings. The zero-order chi connectivity index (χ0) is 10.8. The maximum Gasteiger partial charge on any atom is 0.127 e. The van der Waals surface area contributed by atoms with Gasteiger partial charge < -0.3 is 0 Å². The number of aliphatic imine (C=N–C) groups is 2. The molecule has 15 heavy (non-hydrogen) atoms. The predicted molar refractivity (Wildman–Crippen MR) is 65.1 cm³/mol. The molecule has 0 amide bonds. The Labute approximate surface area is 92.5 Å². The van der Waals surface area contributed by atoms with Crippen LogP contribution in [0.2, 0.25) is 0 Å². The Hall–Kier alpha value is -0.900. The molecule has 0 spiro atoms. The Bertz CT molecular complexity index is 201. The third kappa shape index (κ3) is 6.23. The Morgan fingerprint density at radius 3 is 2.73 bits per heavy atom. The fourth-order valence-corrected chi connectivity index (χ4v) is 1.54. The van der Waals surface area contributed by atoms with E-state index in [-0.39, 0.29) is 0 Å². The lowest BCUT2D eigenvalue weighted by Crippen LogP contribution is -2.38. The Balaban J connectivity index is 1.84. The summed E-state index contributed by atoms with van der Waals surface area (Å²) in [6.45, 7) is 3.95. The molecule has 0 unspecified atom stereocenters. The van der Waals surface area contributed by atoms with E-state index in [4.69, 9.17) is 0 Å². The van der Waals surface area contributed by atoms with Crippen molar-refractivity contribution in [2.24, 2.45) is 9.98 Å². The molecule has 1 aliphatic rings. The van der Waals surface area contributed by atoms with E-state index in [1.165, 1.54) is 38.5 Å². The number of nitrogens with one attached hydrogen (secondary N) is 1. The van der Waals surface area contributed by atoms with Crippen molar-refractivity contribution in [2.45, 2.75) is 45.4 Å². The molecule has 0 aliphatic carbocycles. The normalized spacial score (nSPS) is 14.9. The molecule has 0 aromatic heterocycles. The molecule has 4 heteroatoms. The van der Waals surface area contributed by atoms with Crippen molar-refractivity contribution in [3.63, 3.8) is 0 Å². The van der Waals surface area contributed by atoms with Gasteiger partial charge in [-0.2, -0.15) is 0 Å². The highest BCUT2D eigenvalue weighted by Crippen LogP contribution is 2.04. The van der Waals surface area contributed by atoms with Crippen molar-refractivity contribution in [1.29, 1.82) is 0 Å². The lowest BCUT2D eigenvalue weighted by Gasteiger charge is -2.19. The highest BCUT2D eigenvalue weighted by Gasteiger charge is 1.98. The minimum atomic E-state index is 0.680. The first-order chi connectivity index (χ1) is 7.43. The third-order valence-corrected chi connectivity index (χ3v) is 2.43. The Kier molecular flexibility index (Phi) is 6.83. The number of rotatable bonds is 8. The fourth-order valence-electron chi connectivity index (χ4n) is 1.54. The van der Waals surface area contributed by atoms with Gasteiger partial charge in [-0.05, 0) is 6.42 Å². The monoisotopic (exact) mass is 210 g/mol. The van der Waals surface area contributed by atoms with Crippen LogP contribution in [0.15, 0.2) is 9.98 Å². The summed E-state index contributed by atoms with van der Waals surface area (Å²) in [6, 6.07) is 0. The third-order valence-electron chi connectivity index (χ3n) is 2.43. The quantitative estimate of drug-likeness (QED) is 0.624. The van der Waals surface area contributed by atoms with Gasteiger partial charge in [-0.3, -0.25) is 10.0 Å². The van der Waals surface area contributed by atoms with Crippen LogP contribution < -0.4 is 5.43 Å². The first-order valence-electron chi connectivity index (χ1n) is 5.95. The van der Waals surface area contributed by atoms with Gasteiger partial charge in [-0.25, -0.2) is 10.4 Å². The van der Waals surface area contributed by atoms with Gasteiger partial charge in [0.25, 0.3) is 0 Å². The molecule has 1 heterocycles. The van der Waals surface area contributed by atoms with Crippen LogP contribution in [-0.2, 0) is 0 Å². The minimum Gasteiger partial charge on any atom is -0.276 e. The first kappa shape index (κ1) is 12.2. The van der Waals surface area contributed by atoms with Crippen LogP contribution >= 0.6 is 0 Å². The molecule has 4 nitrogen and oxygen atoms in total. The van der Waals surface area contributed by atoms with E-state index >= 15 is 0 Å². The average Bonchev–Trinajstić information content (AvgIpc) is 2.29. The molecule has 1 aliphatic heterocycles. The lowest BCUT2D eigenvalue weighted by atomic mass is 10.1. The Morgan fingerprint density at radius 2 is 2.00 bits per heavy atom. The molecule has 0 atom stereocenters. The highest BCUT2D eigenvalue weighted by atomic mass is 15.5. The van der Waals surface area contributed by atoms with Crippen LogP contribution in [-0.4, -0.2) is 30.9 Å². The summed E-state index contributed by atoms with van der Waals surface area (Å²) in [5.74, 6) is 0. The summed E-state index contributed by atoms with van der Waals surface area (Å²) in [7, 11) is 0. The number of hydrazine groups is 1. The molecule has 0 saturated carbocycles. The Morgan fingerprint density at radius 1 is 1.20 bits per heavy atom. The van der Waals surface area contributed by atoms with Crippen molar-refractivity contribution in [2.75, 3.05) is 13.2 Å². The van der Waals surface area contributed by atoms with Gasteiger partial charge in [0.05, 0.1) is 0 Å². The second-order valence-electron chi connectivity index (χ2n) is 3.85. The standard InChI is InChI=1S/C11H22N4/c1-2-3-4-5-6-7-8-14-15-10-12-9-13-11-15/h9-10,14H,2-8,11H2,1H3. The van der Waals surface area contributed by atoms with Crippen molar-refractivity contribution in [3.05, 3.63) is 0 Å². The summed E-state index contributed by atoms with van der Waals surface area (Å²) < 4.78 is 0. The van der Waals surface area contributed by atoms with E-state index in [2.05, 4.69) is 22.3 Å². The first-order valence-corrected chi connectivity index (χ1v) is 5.95. The topological polar surface area (TPSA) is 40.0 Å². The second kappa shape index (κ2) is 8.41. The number of nitrogens with zero attached hydrogens (tertiary/aromatic N) is 3. The van der Waals surface area contributed by atoms with Crippen molar-refractivity contribution < 1.29 is 0 Å². The molecular formula is C11H22N4.